The van der Waals surface area contributed by atoms with Gasteiger partial charge in [0.15, 0.2) is 0 Å². The highest BCUT2D eigenvalue weighted by atomic mass is 19.4. The lowest BCUT2D eigenvalue weighted by atomic mass is 10.1. The maximum absolute atomic E-state index is 13.1. The van der Waals surface area contributed by atoms with Gasteiger partial charge in [-0.25, -0.2) is 9.79 Å². The van der Waals surface area contributed by atoms with Gasteiger partial charge < -0.3 is 14.4 Å². The molecular weight excluding hydrogens is 397 g/mol. The smallest absolute Gasteiger partial charge is 0.416 e. The molecule has 156 valence electrons. The molecule has 2 aromatic carbocycles. The standard InChI is InChI=1S/C22H19F3N2O3/c1-21(2)12-30-19(26-21)17-15-8-3-4-9-16(15)27(18(17)20(28)29)11-13-6-5-7-14(10-13)22(23,24)25/h3-10H,11-12H2,1-2H3,(H,28,29). The lowest BCUT2D eigenvalue weighted by Crippen LogP contribution is -2.17. The molecule has 5 nitrogen and oxygen atoms in total. The van der Waals surface area contributed by atoms with Crippen molar-refractivity contribution in [1.82, 2.24) is 4.57 Å². The third-order valence-corrected chi connectivity index (χ3v) is 4.95. The summed E-state index contributed by atoms with van der Waals surface area (Å²) in [7, 11) is 0. The van der Waals surface area contributed by atoms with Gasteiger partial charge in [0.05, 0.1) is 16.7 Å². The summed E-state index contributed by atoms with van der Waals surface area (Å²) in [6.45, 7) is 4.03. The Morgan fingerprint density at radius 2 is 1.93 bits per heavy atom. The normalized spacial score (nSPS) is 15.8. The molecule has 0 spiro atoms. The average molecular weight is 416 g/mol. The van der Waals surface area contributed by atoms with Crippen molar-refractivity contribution in [2.45, 2.75) is 32.1 Å². The van der Waals surface area contributed by atoms with Gasteiger partial charge in [-0.1, -0.05) is 30.3 Å². The van der Waals surface area contributed by atoms with Gasteiger partial charge in [-0.2, -0.15) is 13.2 Å². The van der Waals surface area contributed by atoms with Gasteiger partial charge in [-0.15, -0.1) is 0 Å². The summed E-state index contributed by atoms with van der Waals surface area (Å²) in [4.78, 5) is 16.8. The van der Waals surface area contributed by atoms with Crippen LogP contribution in [0.1, 0.15) is 41.0 Å². The summed E-state index contributed by atoms with van der Waals surface area (Å²) < 4.78 is 46.6. The molecule has 8 heteroatoms. The number of halogens is 3. The molecule has 2 heterocycles. The number of nitrogens with zero attached hydrogens (tertiary/aromatic N) is 2. The van der Waals surface area contributed by atoms with Gasteiger partial charge in [0.1, 0.15) is 12.3 Å². The number of aromatic carboxylic acids is 1. The number of para-hydroxylation sites is 1. The number of aliphatic imine (C=N–C) groups is 1. The van der Waals surface area contributed by atoms with Gasteiger partial charge >= 0.3 is 12.1 Å². The summed E-state index contributed by atoms with van der Waals surface area (Å²) in [6, 6.07) is 11.9. The Morgan fingerprint density at radius 3 is 2.57 bits per heavy atom. The maximum atomic E-state index is 13.1. The lowest BCUT2D eigenvalue weighted by Gasteiger charge is -2.12. The van der Waals surface area contributed by atoms with Crippen LogP contribution >= 0.6 is 0 Å². The minimum absolute atomic E-state index is 0.0389. The van der Waals surface area contributed by atoms with Crippen molar-refractivity contribution >= 4 is 22.8 Å². The molecule has 1 N–H and O–H groups in total. The first-order valence-corrected chi connectivity index (χ1v) is 9.30. The van der Waals surface area contributed by atoms with E-state index in [1.165, 1.54) is 10.6 Å². The summed E-state index contributed by atoms with van der Waals surface area (Å²) in [5.74, 6) is -0.972. The van der Waals surface area contributed by atoms with E-state index in [9.17, 15) is 23.1 Å². The molecule has 0 aliphatic carbocycles. The second-order valence-corrected chi connectivity index (χ2v) is 7.85. The summed E-state index contributed by atoms with van der Waals surface area (Å²) in [5.41, 5.74) is -0.0675. The van der Waals surface area contributed by atoms with Crippen LogP contribution in [0, 0.1) is 0 Å². The summed E-state index contributed by atoms with van der Waals surface area (Å²) >= 11 is 0. The third kappa shape index (κ3) is 3.53. The van der Waals surface area contributed by atoms with Crippen LogP contribution in [-0.2, 0) is 17.5 Å². The molecule has 4 rings (SSSR count). The highest BCUT2D eigenvalue weighted by Gasteiger charge is 2.34. The monoisotopic (exact) mass is 416 g/mol. The number of hydrogen-bond acceptors (Lipinski definition) is 3. The Morgan fingerprint density at radius 1 is 1.20 bits per heavy atom. The minimum atomic E-state index is -4.48. The predicted molar refractivity (Wildman–Crippen MR) is 106 cm³/mol. The molecule has 0 saturated heterocycles. The van der Waals surface area contributed by atoms with E-state index in [0.29, 0.717) is 28.6 Å². The predicted octanol–water partition coefficient (Wildman–Crippen LogP) is 4.96. The number of carboxylic acid groups (broad SMARTS) is 1. The van der Waals surface area contributed by atoms with Crippen molar-refractivity contribution in [2.75, 3.05) is 6.61 Å². The molecule has 0 saturated carbocycles. The van der Waals surface area contributed by atoms with Gasteiger partial charge in [0.2, 0.25) is 5.90 Å². The third-order valence-electron chi connectivity index (χ3n) is 4.95. The van der Waals surface area contributed by atoms with Crippen molar-refractivity contribution in [2.24, 2.45) is 4.99 Å². The Balaban J connectivity index is 1.91. The SMILES string of the molecule is CC1(C)COC(c2c(C(=O)O)n(Cc3cccc(C(F)(F)F)c3)c3ccccc23)=N1. The van der Waals surface area contributed by atoms with E-state index >= 15 is 0 Å². The second-order valence-electron chi connectivity index (χ2n) is 7.85. The fraction of sp³-hybridized carbons (Fsp3) is 0.273. The highest BCUT2D eigenvalue weighted by Crippen LogP contribution is 2.33. The number of fused-ring (bicyclic) bond motifs is 1. The maximum Gasteiger partial charge on any atom is 0.416 e. The van der Waals surface area contributed by atoms with E-state index in [1.807, 2.05) is 13.8 Å². The zero-order chi connectivity index (χ0) is 21.7. The Hall–Kier alpha value is -3.29. The molecule has 0 unspecified atom stereocenters. The van der Waals surface area contributed by atoms with Crippen molar-refractivity contribution in [1.29, 1.82) is 0 Å². The van der Waals surface area contributed by atoms with E-state index in [1.54, 1.807) is 30.3 Å². The number of benzene rings is 2. The first-order valence-electron chi connectivity index (χ1n) is 9.30. The lowest BCUT2D eigenvalue weighted by molar-refractivity contribution is -0.137. The van der Waals surface area contributed by atoms with Crippen molar-refractivity contribution in [3.8, 4) is 0 Å². The number of alkyl halides is 3. The quantitative estimate of drug-likeness (QED) is 0.654. The van der Waals surface area contributed by atoms with Gasteiger partial charge in [0, 0.05) is 17.4 Å². The zero-order valence-corrected chi connectivity index (χ0v) is 16.3. The molecule has 1 aliphatic heterocycles. The Labute approximate surface area is 170 Å². The van der Waals surface area contributed by atoms with Crippen molar-refractivity contribution < 1.29 is 27.8 Å². The molecule has 1 aliphatic rings. The topological polar surface area (TPSA) is 63.8 Å². The van der Waals surface area contributed by atoms with Crippen LogP contribution in [0.2, 0.25) is 0 Å². The molecule has 0 fully saturated rings. The summed E-state index contributed by atoms with van der Waals surface area (Å²) in [5, 5.41) is 10.6. The Bertz CT molecular complexity index is 1180. The molecule has 0 amide bonds. The largest absolute Gasteiger partial charge is 0.477 e. The fourth-order valence-electron chi connectivity index (χ4n) is 3.65. The molecule has 3 aromatic rings. The van der Waals surface area contributed by atoms with Gasteiger partial charge in [-0.05, 0) is 37.6 Å². The van der Waals surface area contributed by atoms with Crippen LogP contribution in [-0.4, -0.2) is 33.7 Å². The fourth-order valence-corrected chi connectivity index (χ4v) is 3.65. The van der Waals surface area contributed by atoms with Crippen LogP contribution in [0.4, 0.5) is 13.2 Å². The van der Waals surface area contributed by atoms with E-state index in [-0.39, 0.29) is 18.1 Å². The number of carbonyl (C=O) groups is 1. The molecule has 0 bridgehead atoms. The van der Waals surface area contributed by atoms with Crippen LogP contribution in [0.5, 0.6) is 0 Å². The zero-order valence-electron chi connectivity index (χ0n) is 16.3. The van der Waals surface area contributed by atoms with Crippen molar-refractivity contribution in [3.63, 3.8) is 0 Å². The second kappa shape index (κ2) is 6.90. The molecule has 0 radical (unpaired) electrons. The van der Waals surface area contributed by atoms with Crippen LogP contribution in [0.25, 0.3) is 10.9 Å². The molecule has 30 heavy (non-hydrogen) atoms. The van der Waals surface area contributed by atoms with Gasteiger partial charge in [-0.3, -0.25) is 0 Å². The van der Waals surface area contributed by atoms with Crippen LogP contribution in [0.15, 0.2) is 53.5 Å². The van der Waals surface area contributed by atoms with Crippen molar-refractivity contribution in [3.05, 3.63) is 70.9 Å². The van der Waals surface area contributed by atoms with Crippen LogP contribution in [0.3, 0.4) is 0 Å². The van der Waals surface area contributed by atoms with Gasteiger partial charge in [0.25, 0.3) is 0 Å². The van der Waals surface area contributed by atoms with E-state index in [2.05, 4.69) is 4.99 Å². The minimum Gasteiger partial charge on any atom is -0.477 e. The number of rotatable bonds is 4. The first-order chi connectivity index (χ1) is 14.1. The van der Waals surface area contributed by atoms with E-state index in [4.69, 9.17) is 4.74 Å². The molecule has 1 aromatic heterocycles. The number of carboxylic acids is 1. The molecular formula is C22H19F3N2O3. The first kappa shape index (κ1) is 20.0. The molecule has 0 atom stereocenters. The highest BCUT2D eigenvalue weighted by molar-refractivity contribution is 6.15. The number of ether oxygens (including phenoxy) is 1. The summed E-state index contributed by atoms with van der Waals surface area (Å²) in [6.07, 6.45) is -4.48. The van der Waals surface area contributed by atoms with E-state index < -0.39 is 23.2 Å². The average Bonchev–Trinajstić information content (AvgIpc) is 3.19. The van der Waals surface area contributed by atoms with E-state index in [0.717, 1.165) is 12.1 Å². The Kier molecular flexibility index (Phi) is 4.60. The number of hydrogen-bond donors (Lipinski definition) is 1. The number of aromatic nitrogens is 1. The van der Waals surface area contributed by atoms with Crippen LogP contribution < -0.4 is 0 Å².